The van der Waals surface area contributed by atoms with E-state index in [0.717, 1.165) is 11.1 Å². The highest BCUT2D eigenvalue weighted by molar-refractivity contribution is 5.85. The number of nitrogens with zero attached hydrogens (tertiary/aromatic N) is 2. The van der Waals surface area contributed by atoms with Gasteiger partial charge >= 0.3 is 0 Å². The Morgan fingerprint density at radius 3 is 2.75 bits per heavy atom. The van der Waals surface area contributed by atoms with E-state index in [1.54, 1.807) is 12.1 Å². The molecule has 2 aliphatic rings. The zero-order valence-electron chi connectivity index (χ0n) is 11.1. The maximum Gasteiger partial charge on any atom is 0.267 e. The molecule has 20 heavy (non-hydrogen) atoms. The van der Waals surface area contributed by atoms with Crippen LogP contribution in [0.3, 0.4) is 0 Å². The van der Waals surface area contributed by atoms with E-state index in [-0.39, 0.29) is 25.0 Å². The first-order valence-electron chi connectivity index (χ1n) is 6.25. The van der Waals surface area contributed by atoms with E-state index in [2.05, 4.69) is 24.7 Å². The van der Waals surface area contributed by atoms with E-state index >= 15 is 0 Å². The van der Waals surface area contributed by atoms with Crippen LogP contribution < -0.4 is 5.73 Å². The van der Waals surface area contributed by atoms with E-state index in [4.69, 9.17) is 5.73 Å². The smallest absolute Gasteiger partial charge is 0.267 e. The molecule has 1 fully saturated rings. The fourth-order valence-corrected chi connectivity index (χ4v) is 2.59. The van der Waals surface area contributed by atoms with Crippen LogP contribution in [0.25, 0.3) is 6.08 Å². The first-order valence-corrected chi connectivity index (χ1v) is 6.25. The number of guanidine groups is 1. The fourth-order valence-electron chi connectivity index (χ4n) is 2.59. The van der Waals surface area contributed by atoms with Gasteiger partial charge in [-0.2, -0.15) is 0 Å². The molecule has 106 valence electrons. The Morgan fingerprint density at radius 1 is 1.40 bits per heavy atom. The number of halogens is 2. The van der Waals surface area contributed by atoms with Crippen LogP contribution in [-0.4, -0.2) is 23.3 Å². The lowest BCUT2D eigenvalue weighted by Crippen LogP contribution is -2.40. The molecule has 3 rings (SSSR count). The van der Waals surface area contributed by atoms with Crippen molar-refractivity contribution in [2.24, 2.45) is 10.7 Å². The lowest BCUT2D eigenvalue weighted by molar-refractivity contribution is 0.0165. The molecule has 0 bridgehead atoms. The summed E-state index contributed by atoms with van der Waals surface area (Å²) in [5.41, 5.74) is 8.13. The normalized spacial score (nSPS) is 22.0. The van der Waals surface area contributed by atoms with Gasteiger partial charge in [-0.05, 0) is 17.7 Å². The second-order valence-electron chi connectivity index (χ2n) is 4.70. The third kappa shape index (κ3) is 2.31. The van der Waals surface area contributed by atoms with Crippen LogP contribution in [0, 0.1) is 0 Å². The van der Waals surface area contributed by atoms with Crippen LogP contribution >= 0.6 is 0 Å². The summed E-state index contributed by atoms with van der Waals surface area (Å²) >= 11 is 0. The monoisotopic (exact) mass is 277 g/mol. The molecule has 0 saturated carbocycles. The summed E-state index contributed by atoms with van der Waals surface area (Å²) in [6.45, 7) is 9.33. The highest BCUT2D eigenvalue weighted by Gasteiger charge is 2.48. The molecule has 5 heteroatoms. The quantitative estimate of drug-likeness (QED) is 0.798. The SMILES string of the molecule is C=C.C=Cc1ccc2c(c1)C1CC(F)(F)CN1C(N)=N2. The van der Waals surface area contributed by atoms with Gasteiger partial charge in [0.2, 0.25) is 0 Å². The lowest BCUT2D eigenvalue weighted by atomic mass is 9.98. The van der Waals surface area contributed by atoms with E-state index < -0.39 is 5.92 Å². The number of hydrogen-bond acceptors (Lipinski definition) is 3. The van der Waals surface area contributed by atoms with Gasteiger partial charge in [-0.15, -0.1) is 13.2 Å². The third-order valence-corrected chi connectivity index (χ3v) is 3.45. The Morgan fingerprint density at radius 2 is 2.10 bits per heavy atom. The van der Waals surface area contributed by atoms with Crippen molar-refractivity contribution in [3.8, 4) is 0 Å². The van der Waals surface area contributed by atoms with Crippen LogP contribution in [-0.2, 0) is 0 Å². The van der Waals surface area contributed by atoms with Crippen molar-refractivity contribution in [2.75, 3.05) is 6.54 Å². The molecule has 0 aromatic heterocycles. The molecule has 0 amide bonds. The van der Waals surface area contributed by atoms with Gasteiger partial charge in [-0.25, -0.2) is 13.8 Å². The van der Waals surface area contributed by atoms with E-state index in [9.17, 15) is 8.78 Å². The maximum atomic E-state index is 13.5. The first kappa shape index (κ1) is 14.2. The molecule has 1 atom stereocenters. The molecule has 2 heterocycles. The van der Waals surface area contributed by atoms with Gasteiger partial charge in [0.05, 0.1) is 18.3 Å². The number of fused-ring (bicyclic) bond motifs is 3. The first-order chi connectivity index (χ1) is 9.50. The predicted molar refractivity (Wildman–Crippen MR) is 78.1 cm³/mol. The number of rotatable bonds is 1. The van der Waals surface area contributed by atoms with E-state index in [0.29, 0.717) is 5.69 Å². The molecule has 0 aliphatic carbocycles. The average Bonchev–Trinajstić information content (AvgIpc) is 2.77. The largest absolute Gasteiger partial charge is 0.369 e. The number of alkyl halides is 2. The minimum atomic E-state index is -2.71. The highest BCUT2D eigenvalue weighted by Crippen LogP contribution is 2.46. The zero-order valence-corrected chi connectivity index (χ0v) is 11.1. The number of hydrogen-bond donors (Lipinski definition) is 1. The van der Waals surface area contributed by atoms with Gasteiger partial charge in [0.25, 0.3) is 5.92 Å². The van der Waals surface area contributed by atoms with Crippen LogP contribution in [0.5, 0.6) is 0 Å². The molecule has 1 saturated heterocycles. The number of aliphatic imine (C=N–C) groups is 1. The average molecular weight is 277 g/mol. The zero-order chi connectivity index (χ0) is 14.9. The van der Waals surface area contributed by atoms with Gasteiger partial charge < -0.3 is 10.6 Å². The standard InChI is InChI=1S/C13H13F2N3.C2H4/c1-2-8-3-4-10-9(5-8)11-6-13(14,15)7-18(11)12(16)17-10;1-2/h2-5,11H,1,6-7H2,(H2,16,17);1-2H2. The lowest BCUT2D eigenvalue weighted by Gasteiger charge is -2.30. The maximum absolute atomic E-state index is 13.5. The second-order valence-corrected chi connectivity index (χ2v) is 4.70. The molecule has 2 N–H and O–H groups in total. The summed E-state index contributed by atoms with van der Waals surface area (Å²) in [5, 5.41) is 0. The van der Waals surface area contributed by atoms with Crippen molar-refractivity contribution in [1.82, 2.24) is 4.90 Å². The summed E-state index contributed by atoms with van der Waals surface area (Å²) in [6.07, 6.45) is 1.48. The van der Waals surface area contributed by atoms with Crippen molar-refractivity contribution in [3.05, 3.63) is 49.1 Å². The van der Waals surface area contributed by atoms with Crippen LogP contribution in [0.15, 0.2) is 42.9 Å². The van der Waals surface area contributed by atoms with E-state index in [1.807, 2.05) is 12.1 Å². The van der Waals surface area contributed by atoms with Crippen molar-refractivity contribution in [1.29, 1.82) is 0 Å². The Kier molecular flexibility index (Phi) is 3.61. The van der Waals surface area contributed by atoms with E-state index in [1.165, 1.54) is 4.90 Å². The molecule has 3 nitrogen and oxygen atoms in total. The summed E-state index contributed by atoms with van der Waals surface area (Å²) in [7, 11) is 0. The number of nitrogens with two attached hydrogens (primary N) is 1. The summed E-state index contributed by atoms with van der Waals surface area (Å²) in [4.78, 5) is 5.66. The van der Waals surface area contributed by atoms with Crippen molar-refractivity contribution in [2.45, 2.75) is 18.4 Å². The second kappa shape index (κ2) is 5.07. The minimum absolute atomic E-state index is 0.177. The Hall–Kier alpha value is -2.17. The molecule has 0 radical (unpaired) electrons. The Bertz CT molecular complexity index is 566. The third-order valence-electron chi connectivity index (χ3n) is 3.45. The van der Waals surface area contributed by atoms with Gasteiger partial charge in [-0.3, -0.25) is 0 Å². The molecular weight excluding hydrogens is 260 g/mol. The molecule has 1 aromatic rings. The summed E-state index contributed by atoms with van der Waals surface area (Å²) in [5.74, 6) is -2.53. The molecule has 2 aliphatic heterocycles. The summed E-state index contributed by atoms with van der Waals surface area (Å²) < 4.78 is 27.0. The Labute approximate surface area is 117 Å². The van der Waals surface area contributed by atoms with Crippen LogP contribution in [0.2, 0.25) is 0 Å². The fraction of sp³-hybridized carbons (Fsp3) is 0.267. The molecule has 1 aromatic carbocycles. The topological polar surface area (TPSA) is 41.6 Å². The van der Waals surface area contributed by atoms with Crippen molar-refractivity contribution >= 4 is 17.7 Å². The Balaban J connectivity index is 0.000000704. The van der Waals surface area contributed by atoms with Crippen molar-refractivity contribution < 1.29 is 8.78 Å². The van der Waals surface area contributed by atoms with Crippen molar-refractivity contribution in [3.63, 3.8) is 0 Å². The van der Waals surface area contributed by atoms with Gasteiger partial charge in [0, 0.05) is 12.0 Å². The van der Waals surface area contributed by atoms with Gasteiger partial charge in [0.1, 0.15) is 0 Å². The minimum Gasteiger partial charge on any atom is -0.369 e. The van der Waals surface area contributed by atoms with Gasteiger partial charge in [-0.1, -0.05) is 18.7 Å². The molecule has 1 unspecified atom stereocenters. The summed E-state index contributed by atoms with van der Waals surface area (Å²) in [6, 6.07) is 5.13. The molecular formula is C15H17F2N3. The highest BCUT2D eigenvalue weighted by atomic mass is 19.3. The van der Waals surface area contributed by atoms with Gasteiger partial charge in [0.15, 0.2) is 5.96 Å². The molecule has 0 spiro atoms. The number of benzene rings is 1. The van der Waals surface area contributed by atoms with Crippen LogP contribution in [0.4, 0.5) is 14.5 Å². The van der Waals surface area contributed by atoms with Crippen LogP contribution in [0.1, 0.15) is 23.6 Å². The predicted octanol–water partition coefficient (Wildman–Crippen LogP) is 3.47.